The number of para-hydroxylation sites is 1. The molecule has 0 heterocycles. The minimum absolute atomic E-state index is 0.198. The van der Waals surface area contributed by atoms with Crippen LogP contribution in [0.15, 0.2) is 24.3 Å². The number of aryl methyl sites for hydroxylation is 1. The maximum absolute atomic E-state index is 9.24. The number of rotatable bonds is 6. The fraction of sp³-hybridized carbons (Fsp3) is 0.571. The van der Waals surface area contributed by atoms with Crippen molar-refractivity contribution in [3.8, 4) is 5.75 Å². The van der Waals surface area contributed by atoms with E-state index in [-0.39, 0.29) is 12.5 Å². The van der Waals surface area contributed by atoms with Crippen molar-refractivity contribution in [3.05, 3.63) is 29.8 Å². The van der Waals surface area contributed by atoms with Gasteiger partial charge in [0.25, 0.3) is 0 Å². The summed E-state index contributed by atoms with van der Waals surface area (Å²) in [5.74, 6) is 1.75. The Morgan fingerprint density at radius 3 is 2.50 bits per heavy atom. The maximum Gasteiger partial charge on any atom is 0.122 e. The Hall–Kier alpha value is -1.02. The minimum atomic E-state index is 0.198. The molecule has 0 aromatic heterocycles. The number of aliphatic hydroxyl groups is 1. The summed E-state index contributed by atoms with van der Waals surface area (Å²) in [5.41, 5.74) is 1.14. The van der Waals surface area contributed by atoms with Crippen LogP contribution in [0.5, 0.6) is 5.75 Å². The van der Waals surface area contributed by atoms with Crippen molar-refractivity contribution in [3.63, 3.8) is 0 Å². The highest BCUT2D eigenvalue weighted by atomic mass is 16.5. The molecule has 16 heavy (non-hydrogen) atoms. The van der Waals surface area contributed by atoms with Crippen LogP contribution in [0.4, 0.5) is 0 Å². The first-order valence-corrected chi connectivity index (χ1v) is 5.92. The molecule has 90 valence electrons. The molecule has 0 amide bonds. The molecule has 1 rings (SSSR count). The van der Waals surface area contributed by atoms with Crippen molar-refractivity contribution >= 4 is 0 Å². The van der Waals surface area contributed by atoms with Gasteiger partial charge in [-0.25, -0.2) is 0 Å². The van der Waals surface area contributed by atoms with Crippen LogP contribution in [0.1, 0.15) is 25.8 Å². The second-order valence-corrected chi connectivity index (χ2v) is 4.75. The van der Waals surface area contributed by atoms with Crippen LogP contribution >= 0.6 is 0 Å². The number of hydrogen-bond acceptors (Lipinski definition) is 2. The van der Waals surface area contributed by atoms with Crippen LogP contribution in [0.3, 0.4) is 0 Å². The molecule has 1 unspecified atom stereocenters. The molecule has 2 heteroatoms. The molecule has 0 aliphatic carbocycles. The Morgan fingerprint density at radius 2 is 1.94 bits per heavy atom. The van der Waals surface area contributed by atoms with Gasteiger partial charge in [0.2, 0.25) is 0 Å². The first kappa shape index (κ1) is 13.0. The Morgan fingerprint density at radius 1 is 1.25 bits per heavy atom. The molecule has 1 atom stereocenters. The van der Waals surface area contributed by atoms with E-state index in [4.69, 9.17) is 4.74 Å². The molecular weight excluding hydrogens is 200 g/mol. The van der Waals surface area contributed by atoms with E-state index < -0.39 is 0 Å². The number of benzene rings is 1. The summed E-state index contributed by atoms with van der Waals surface area (Å²) in [6, 6.07) is 7.98. The molecular formula is C14H22O2. The maximum atomic E-state index is 9.24. The first-order valence-electron chi connectivity index (χ1n) is 5.92. The summed E-state index contributed by atoms with van der Waals surface area (Å²) in [7, 11) is 0. The van der Waals surface area contributed by atoms with Crippen LogP contribution in [-0.4, -0.2) is 18.3 Å². The quantitative estimate of drug-likeness (QED) is 0.801. The van der Waals surface area contributed by atoms with Gasteiger partial charge in [0.05, 0.1) is 6.61 Å². The van der Waals surface area contributed by atoms with Crippen molar-refractivity contribution in [2.24, 2.45) is 11.8 Å². The van der Waals surface area contributed by atoms with E-state index >= 15 is 0 Å². The van der Waals surface area contributed by atoms with Gasteiger partial charge in [0.15, 0.2) is 0 Å². The van der Waals surface area contributed by atoms with Crippen LogP contribution in [0.25, 0.3) is 0 Å². The zero-order valence-corrected chi connectivity index (χ0v) is 10.4. The molecule has 1 aromatic rings. The molecule has 0 saturated heterocycles. The number of aliphatic hydroxyl groups excluding tert-OH is 1. The van der Waals surface area contributed by atoms with Crippen LogP contribution in [0, 0.1) is 18.8 Å². The monoisotopic (exact) mass is 222 g/mol. The molecule has 0 radical (unpaired) electrons. The van der Waals surface area contributed by atoms with E-state index in [1.54, 1.807) is 0 Å². The average Bonchev–Trinajstić information content (AvgIpc) is 2.25. The van der Waals surface area contributed by atoms with Crippen LogP contribution in [-0.2, 0) is 0 Å². The second kappa shape index (κ2) is 6.54. The van der Waals surface area contributed by atoms with Gasteiger partial charge in [-0.1, -0.05) is 32.0 Å². The summed E-state index contributed by atoms with van der Waals surface area (Å²) in [5, 5.41) is 9.24. The fourth-order valence-corrected chi connectivity index (χ4v) is 1.79. The molecule has 0 aliphatic rings. The number of ether oxygens (including phenoxy) is 1. The standard InChI is InChI=1S/C14H22O2/c1-11(2)8-13(9-15)10-16-14-7-5-4-6-12(14)3/h4-7,11,13,15H,8-10H2,1-3H3. The van der Waals surface area contributed by atoms with E-state index in [9.17, 15) is 5.11 Å². The van der Waals surface area contributed by atoms with E-state index in [0.717, 1.165) is 17.7 Å². The lowest BCUT2D eigenvalue weighted by Gasteiger charge is -2.18. The predicted octanol–water partition coefficient (Wildman–Crippen LogP) is 3.03. The van der Waals surface area contributed by atoms with Gasteiger partial charge in [-0.15, -0.1) is 0 Å². The molecule has 0 spiro atoms. The SMILES string of the molecule is Cc1ccccc1OCC(CO)CC(C)C. The molecule has 1 N–H and O–H groups in total. The van der Waals surface area contributed by atoms with E-state index in [2.05, 4.69) is 13.8 Å². The molecule has 2 nitrogen and oxygen atoms in total. The van der Waals surface area contributed by atoms with Crippen LogP contribution in [0.2, 0.25) is 0 Å². The normalized spacial score (nSPS) is 12.8. The largest absolute Gasteiger partial charge is 0.493 e. The Labute approximate surface area is 98.3 Å². The van der Waals surface area contributed by atoms with Gasteiger partial charge in [-0.3, -0.25) is 0 Å². The Kier molecular flexibility index (Phi) is 5.33. The number of hydrogen-bond donors (Lipinski definition) is 1. The zero-order chi connectivity index (χ0) is 12.0. The summed E-state index contributed by atoms with van der Waals surface area (Å²) in [4.78, 5) is 0. The van der Waals surface area contributed by atoms with Crippen molar-refractivity contribution in [1.82, 2.24) is 0 Å². The van der Waals surface area contributed by atoms with Gasteiger partial charge < -0.3 is 9.84 Å². The van der Waals surface area contributed by atoms with Gasteiger partial charge in [-0.2, -0.15) is 0 Å². The van der Waals surface area contributed by atoms with Crippen LogP contribution < -0.4 is 4.74 Å². The topological polar surface area (TPSA) is 29.5 Å². The second-order valence-electron chi connectivity index (χ2n) is 4.75. The highest BCUT2D eigenvalue weighted by Crippen LogP contribution is 2.18. The summed E-state index contributed by atoms with van der Waals surface area (Å²) in [6.45, 7) is 7.15. The van der Waals surface area contributed by atoms with Crippen molar-refractivity contribution in [1.29, 1.82) is 0 Å². The molecule has 0 saturated carbocycles. The first-order chi connectivity index (χ1) is 7.63. The lowest BCUT2D eigenvalue weighted by Crippen LogP contribution is -2.18. The average molecular weight is 222 g/mol. The summed E-state index contributed by atoms with van der Waals surface area (Å²) < 4.78 is 5.73. The van der Waals surface area contributed by atoms with Gasteiger partial charge in [-0.05, 0) is 30.9 Å². The molecule has 0 bridgehead atoms. The van der Waals surface area contributed by atoms with Gasteiger partial charge >= 0.3 is 0 Å². The van der Waals surface area contributed by atoms with Crippen molar-refractivity contribution < 1.29 is 9.84 Å². The van der Waals surface area contributed by atoms with Crippen molar-refractivity contribution in [2.75, 3.05) is 13.2 Å². The lowest BCUT2D eigenvalue weighted by molar-refractivity contribution is 0.145. The Balaban J connectivity index is 2.46. The molecule has 1 aromatic carbocycles. The smallest absolute Gasteiger partial charge is 0.122 e. The third kappa shape index (κ3) is 4.23. The minimum Gasteiger partial charge on any atom is -0.493 e. The van der Waals surface area contributed by atoms with Gasteiger partial charge in [0.1, 0.15) is 5.75 Å². The fourth-order valence-electron chi connectivity index (χ4n) is 1.79. The highest BCUT2D eigenvalue weighted by molar-refractivity contribution is 5.31. The van der Waals surface area contributed by atoms with E-state index in [0.29, 0.717) is 12.5 Å². The summed E-state index contributed by atoms with van der Waals surface area (Å²) in [6.07, 6.45) is 1.00. The third-order valence-electron chi connectivity index (χ3n) is 2.63. The predicted molar refractivity (Wildman–Crippen MR) is 66.7 cm³/mol. The molecule has 0 fully saturated rings. The molecule has 0 aliphatic heterocycles. The van der Waals surface area contributed by atoms with Crippen molar-refractivity contribution in [2.45, 2.75) is 27.2 Å². The van der Waals surface area contributed by atoms with E-state index in [1.807, 2.05) is 31.2 Å². The zero-order valence-electron chi connectivity index (χ0n) is 10.4. The Bertz CT molecular complexity index is 307. The van der Waals surface area contributed by atoms with Gasteiger partial charge in [0, 0.05) is 12.5 Å². The lowest BCUT2D eigenvalue weighted by atomic mass is 9.99. The third-order valence-corrected chi connectivity index (χ3v) is 2.63. The van der Waals surface area contributed by atoms with E-state index in [1.165, 1.54) is 0 Å². The highest BCUT2D eigenvalue weighted by Gasteiger charge is 2.11. The summed E-state index contributed by atoms with van der Waals surface area (Å²) >= 11 is 0.